The number of non-ortho nitro benzene ring substituents is 1. The molecule has 1 aliphatic heterocycles. The number of nitro groups is 2. The average molecular weight is 603 g/mol. The van der Waals surface area contributed by atoms with E-state index in [1.165, 1.54) is 18.2 Å². The predicted molar refractivity (Wildman–Crippen MR) is 156 cm³/mol. The molecule has 0 bridgehead atoms. The number of para-hydroxylation sites is 1. The van der Waals surface area contributed by atoms with Crippen LogP contribution in [-0.4, -0.2) is 22.8 Å². The van der Waals surface area contributed by atoms with Gasteiger partial charge in [-0.2, -0.15) is 4.57 Å². The van der Waals surface area contributed by atoms with E-state index >= 15 is 0 Å². The van der Waals surface area contributed by atoms with Crippen molar-refractivity contribution >= 4 is 39.9 Å². The number of fused-ring (bicyclic) bond motifs is 2. The second-order valence-corrected chi connectivity index (χ2v) is 9.73. The normalized spacial score (nSPS) is 13.8. The van der Waals surface area contributed by atoms with Crippen LogP contribution < -0.4 is 37.9 Å². The number of ether oxygens (including phenoxy) is 1. The van der Waals surface area contributed by atoms with Gasteiger partial charge >= 0.3 is 0 Å². The Balaban J connectivity index is 0.00000423. The van der Waals surface area contributed by atoms with E-state index in [-0.39, 0.29) is 29.3 Å². The summed E-state index contributed by atoms with van der Waals surface area (Å²) in [6, 6.07) is 19.1. The number of anilines is 1. The van der Waals surface area contributed by atoms with Crippen molar-refractivity contribution in [2.24, 2.45) is 5.84 Å². The summed E-state index contributed by atoms with van der Waals surface area (Å²) in [6.45, 7) is 1.94. The number of hydrogen-bond acceptors (Lipinski definition) is 8. The van der Waals surface area contributed by atoms with Gasteiger partial charge in [0.1, 0.15) is 0 Å². The van der Waals surface area contributed by atoms with Gasteiger partial charge in [-0.25, -0.2) is 5.84 Å². The van der Waals surface area contributed by atoms with Crippen molar-refractivity contribution in [1.29, 1.82) is 0 Å². The fraction of sp³-hybridized carbons (Fsp3) is 0.133. The van der Waals surface area contributed by atoms with Crippen LogP contribution in [0.3, 0.4) is 0 Å². The minimum Gasteiger partial charge on any atom is -1.00 e. The Hall–Kier alpha value is -5.33. The molecule has 5 rings (SSSR count). The Bertz CT molecular complexity index is 1810. The van der Waals surface area contributed by atoms with Crippen LogP contribution in [0.2, 0.25) is 0 Å². The van der Waals surface area contributed by atoms with E-state index in [2.05, 4.69) is 0 Å². The molecule has 220 valence electrons. The molecule has 1 aromatic heterocycles. The third-order valence-corrected chi connectivity index (χ3v) is 7.18. The molecule has 0 saturated carbocycles. The molecule has 13 heteroatoms. The first-order valence-electron chi connectivity index (χ1n) is 12.9. The Labute approximate surface area is 252 Å². The molecule has 2 heterocycles. The summed E-state index contributed by atoms with van der Waals surface area (Å²) in [7, 11) is 1.82. The van der Waals surface area contributed by atoms with Gasteiger partial charge in [0.25, 0.3) is 11.4 Å². The van der Waals surface area contributed by atoms with Crippen LogP contribution in [-0.2, 0) is 11.3 Å². The number of nitro benzene ring substituents is 2. The SMILES string of the molecule is CC(C(=O)NN)c1ccc(C[n+]2ccc(/C=C/C=C3\Oc4cc([N+](=O)[O-])ccc4N3C)c3ccccc32)cc1[N+](=O)[O-].[Cl-]. The number of aromatic nitrogens is 1. The Morgan fingerprint density at radius 1 is 1.09 bits per heavy atom. The van der Waals surface area contributed by atoms with Gasteiger partial charge in [-0.15, -0.1) is 0 Å². The monoisotopic (exact) mass is 602 g/mol. The smallest absolute Gasteiger partial charge is 0.273 e. The predicted octanol–water partition coefficient (Wildman–Crippen LogP) is 1.47. The minimum absolute atomic E-state index is 0. The van der Waals surface area contributed by atoms with Gasteiger partial charge in [0.05, 0.1) is 32.9 Å². The van der Waals surface area contributed by atoms with E-state index < -0.39 is 21.7 Å². The highest BCUT2D eigenvalue weighted by molar-refractivity contribution is 5.86. The zero-order valence-electron chi connectivity index (χ0n) is 23.1. The number of nitrogens with two attached hydrogens (primary N) is 1. The van der Waals surface area contributed by atoms with E-state index in [0.29, 0.717) is 23.7 Å². The molecule has 0 saturated heterocycles. The van der Waals surface area contributed by atoms with Crippen molar-refractivity contribution in [2.75, 3.05) is 11.9 Å². The fourth-order valence-electron chi connectivity index (χ4n) is 4.92. The molecule has 0 fully saturated rings. The Morgan fingerprint density at radius 3 is 2.58 bits per heavy atom. The van der Waals surface area contributed by atoms with Gasteiger partial charge in [0, 0.05) is 42.4 Å². The van der Waals surface area contributed by atoms with E-state index in [1.807, 2.05) is 70.6 Å². The average Bonchev–Trinajstić information content (AvgIpc) is 3.31. The molecule has 3 aromatic carbocycles. The first-order chi connectivity index (χ1) is 20.2. The van der Waals surface area contributed by atoms with Crippen LogP contribution >= 0.6 is 0 Å². The number of hydrazine groups is 1. The highest BCUT2D eigenvalue weighted by atomic mass is 35.5. The molecule has 0 radical (unpaired) electrons. The number of allylic oxidation sites excluding steroid dienone is 2. The van der Waals surface area contributed by atoms with Crippen molar-refractivity contribution in [3.05, 3.63) is 128 Å². The van der Waals surface area contributed by atoms with Crippen LogP contribution in [0.4, 0.5) is 17.1 Å². The first kappa shape index (κ1) is 30.6. The highest BCUT2D eigenvalue weighted by Gasteiger charge is 2.26. The lowest BCUT2D eigenvalue weighted by molar-refractivity contribution is -0.662. The number of rotatable bonds is 8. The fourth-order valence-corrected chi connectivity index (χ4v) is 4.92. The Morgan fingerprint density at radius 2 is 1.86 bits per heavy atom. The molecule has 1 amide bonds. The largest absolute Gasteiger partial charge is 1.00 e. The van der Waals surface area contributed by atoms with Crippen molar-refractivity contribution in [3.63, 3.8) is 0 Å². The summed E-state index contributed by atoms with van der Waals surface area (Å²) in [4.78, 5) is 35.8. The Kier molecular flexibility index (Phi) is 9.03. The van der Waals surface area contributed by atoms with E-state index in [4.69, 9.17) is 10.6 Å². The number of carbonyl (C=O) groups is 1. The summed E-state index contributed by atoms with van der Waals surface area (Å²) in [5, 5.41) is 23.9. The molecular weight excluding hydrogens is 576 g/mol. The number of amides is 1. The van der Waals surface area contributed by atoms with Crippen LogP contribution in [0.1, 0.15) is 29.5 Å². The lowest BCUT2D eigenvalue weighted by Crippen LogP contribution is -3.00. The summed E-state index contributed by atoms with van der Waals surface area (Å²) in [5.74, 6) is 4.89. The molecule has 1 aliphatic rings. The van der Waals surface area contributed by atoms with Gasteiger partial charge in [-0.05, 0) is 30.7 Å². The highest BCUT2D eigenvalue weighted by Crippen LogP contribution is 2.40. The van der Waals surface area contributed by atoms with Gasteiger partial charge in [0.2, 0.25) is 11.4 Å². The van der Waals surface area contributed by atoms with Crippen LogP contribution in [0.15, 0.2) is 91.0 Å². The lowest BCUT2D eigenvalue weighted by Gasteiger charge is -2.11. The first-order valence-corrected chi connectivity index (χ1v) is 12.9. The van der Waals surface area contributed by atoms with Crippen molar-refractivity contribution in [1.82, 2.24) is 5.43 Å². The minimum atomic E-state index is -0.777. The van der Waals surface area contributed by atoms with Crippen LogP contribution in [0.25, 0.3) is 17.0 Å². The summed E-state index contributed by atoms with van der Waals surface area (Å²) in [5.41, 5.74) is 5.45. The molecule has 1 atom stereocenters. The molecule has 1 unspecified atom stereocenters. The third kappa shape index (κ3) is 6.15. The quantitative estimate of drug-likeness (QED) is 0.101. The van der Waals surface area contributed by atoms with Gasteiger partial charge in [-0.1, -0.05) is 36.4 Å². The second kappa shape index (κ2) is 12.7. The second-order valence-electron chi connectivity index (χ2n) is 9.73. The van der Waals surface area contributed by atoms with Crippen molar-refractivity contribution < 1.29 is 36.4 Å². The maximum atomic E-state index is 12.0. The maximum Gasteiger partial charge on any atom is 0.273 e. The van der Waals surface area contributed by atoms with Gasteiger partial charge in [0.15, 0.2) is 24.4 Å². The van der Waals surface area contributed by atoms with Gasteiger partial charge in [-0.3, -0.25) is 30.4 Å². The lowest BCUT2D eigenvalue weighted by atomic mass is 9.97. The number of nitrogens with zero attached hydrogens (tertiary/aromatic N) is 4. The van der Waals surface area contributed by atoms with Crippen LogP contribution in [0, 0.1) is 20.2 Å². The zero-order valence-corrected chi connectivity index (χ0v) is 23.9. The molecular formula is C30H27ClN6O6. The maximum absolute atomic E-state index is 12.0. The number of halogens is 1. The van der Waals surface area contributed by atoms with Crippen LogP contribution in [0.5, 0.6) is 5.75 Å². The van der Waals surface area contributed by atoms with Crippen molar-refractivity contribution in [2.45, 2.75) is 19.4 Å². The molecule has 4 aromatic rings. The third-order valence-electron chi connectivity index (χ3n) is 7.18. The molecule has 12 nitrogen and oxygen atoms in total. The number of hydrogen-bond donors (Lipinski definition) is 2. The summed E-state index contributed by atoms with van der Waals surface area (Å²) in [6.07, 6.45) is 7.48. The number of nitrogens with one attached hydrogen (secondary N) is 1. The zero-order chi connectivity index (χ0) is 30.0. The number of carbonyl (C=O) groups excluding carboxylic acids is 1. The van der Waals surface area contributed by atoms with Gasteiger partial charge < -0.3 is 22.0 Å². The summed E-state index contributed by atoms with van der Waals surface area (Å²) < 4.78 is 7.84. The summed E-state index contributed by atoms with van der Waals surface area (Å²) >= 11 is 0. The standard InChI is InChI=1S/C30H26N6O6.ClH/c1-19(30(37)32-31)23-12-10-20(16-27(23)36(40)41)18-34-15-14-21(24-7-3-4-8-25(24)34)6-5-9-29-33(2)26-13-11-22(35(38)39)17-28(26)42-29;/h3-17,19H,18,31H2,1-2H3;1H. The topological polar surface area (TPSA) is 158 Å². The molecule has 3 N–H and O–H groups in total. The van der Waals surface area contributed by atoms with E-state index in [0.717, 1.165) is 22.2 Å². The number of pyridine rings is 1. The molecule has 43 heavy (non-hydrogen) atoms. The van der Waals surface area contributed by atoms with E-state index in [1.54, 1.807) is 31.2 Å². The molecule has 0 aliphatic carbocycles. The van der Waals surface area contributed by atoms with E-state index in [9.17, 15) is 25.0 Å². The van der Waals surface area contributed by atoms with Crippen molar-refractivity contribution in [3.8, 4) is 5.75 Å². The molecule has 0 spiro atoms. The number of benzene rings is 3.